The van der Waals surface area contributed by atoms with E-state index in [1.807, 2.05) is 0 Å². The molecule has 2 aromatic rings. The quantitative estimate of drug-likeness (QED) is 0.550. The van der Waals surface area contributed by atoms with E-state index in [-0.39, 0.29) is 5.41 Å². The molecule has 0 amide bonds. The summed E-state index contributed by atoms with van der Waals surface area (Å²) in [7, 11) is 0. The van der Waals surface area contributed by atoms with E-state index in [9.17, 15) is 0 Å². The van der Waals surface area contributed by atoms with Crippen LogP contribution in [0.3, 0.4) is 0 Å². The molecule has 0 aromatic heterocycles. The molecule has 1 N–H and O–H groups in total. The maximum Gasteiger partial charge on any atom is 0.0553 e. The molecule has 24 heavy (non-hydrogen) atoms. The van der Waals surface area contributed by atoms with Gasteiger partial charge >= 0.3 is 0 Å². The van der Waals surface area contributed by atoms with Gasteiger partial charge in [0.2, 0.25) is 0 Å². The maximum atomic E-state index is 3.81. The lowest BCUT2D eigenvalue weighted by Crippen LogP contribution is -2.29. The van der Waals surface area contributed by atoms with Crippen molar-refractivity contribution in [1.29, 1.82) is 0 Å². The first-order valence-corrected chi connectivity index (χ1v) is 9.56. The minimum absolute atomic E-state index is 0.203. The highest BCUT2D eigenvalue weighted by Gasteiger charge is 2.37. The van der Waals surface area contributed by atoms with Crippen molar-refractivity contribution < 1.29 is 0 Å². The monoisotopic (exact) mass is 381 g/mol. The second kappa shape index (κ2) is 5.77. The molecular weight excluding hydrogens is 358 g/mol. The van der Waals surface area contributed by atoms with Gasteiger partial charge < -0.3 is 5.32 Å². The maximum absolute atomic E-state index is 3.81. The number of benzene rings is 2. The van der Waals surface area contributed by atoms with Crippen LogP contribution in [-0.2, 0) is 5.41 Å². The minimum atomic E-state index is 0.203. The molecule has 4 rings (SSSR count). The fraction of sp³-hybridized carbons (Fsp3) is 0.364. The zero-order valence-corrected chi connectivity index (χ0v) is 16.1. The first kappa shape index (κ1) is 16.0. The Bertz CT molecular complexity index is 783. The molecule has 0 unspecified atom stereocenters. The van der Waals surface area contributed by atoms with Crippen LogP contribution in [0.25, 0.3) is 0 Å². The van der Waals surface area contributed by atoms with Crippen molar-refractivity contribution in [1.82, 2.24) is 0 Å². The van der Waals surface area contributed by atoms with E-state index in [1.165, 1.54) is 22.4 Å². The van der Waals surface area contributed by atoms with Crippen molar-refractivity contribution >= 4 is 21.6 Å². The largest absolute Gasteiger partial charge is 0.378 e. The van der Waals surface area contributed by atoms with Crippen LogP contribution in [0, 0.1) is 5.92 Å². The summed E-state index contributed by atoms with van der Waals surface area (Å²) in [5.74, 6) is 1.12. The van der Waals surface area contributed by atoms with Crippen LogP contribution in [0.4, 0.5) is 5.69 Å². The molecule has 3 atom stereocenters. The van der Waals surface area contributed by atoms with Gasteiger partial charge in [-0.2, -0.15) is 0 Å². The van der Waals surface area contributed by atoms with E-state index in [0.717, 1.165) is 10.9 Å². The van der Waals surface area contributed by atoms with Crippen LogP contribution in [0.15, 0.2) is 59.1 Å². The van der Waals surface area contributed by atoms with Gasteiger partial charge in [0.25, 0.3) is 0 Å². The molecule has 2 aliphatic rings. The van der Waals surface area contributed by atoms with Gasteiger partial charge in [0.1, 0.15) is 0 Å². The van der Waals surface area contributed by atoms with Gasteiger partial charge in [-0.25, -0.2) is 0 Å². The van der Waals surface area contributed by atoms with E-state index < -0.39 is 0 Å². The number of halogens is 1. The van der Waals surface area contributed by atoms with E-state index >= 15 is 0 Å². The zero-order valence-electron chi connectivity index (χ0n) is 14.5. The van der Waals surface area contributed by atoms with E-state index in [4.69, 9.17) is 0 Å². The highest BCUT2D eigenvalue weighted by atomic mass is 79.9. The van der Waals surface area contributed by atoms with Crippen molar-refractivity contribution in [3.63, 3.8) is 0 Å². The molecule has 2 aromatic carbocycles. The summed E-state index contributed by atoms with van der Waals surface area (Å²) in [5, 5.41) is 3.81. The summed E-state index contributed by atoms with van der Waals surface area (Å²) in [6.45, 7) is 6.81. The zero-order chi connectivity index (χ0) is 16.9. The average Bonchev–Trinajstić information content (AvgIpc) is 3.03. The van der Waals surface area contributed by atoms with Gasteiger partial charge in [-0.15, -0.1) is 0 Å². The SMILES string of the molecule is CC(C)(C)c1ccc([C@@H]2Nc3ccc(Br)cc3[C@H]3C=CC[C@H]32)cc1. The lowest BCUT2D eigenvalue weighted by molar-refractivity contribution is 0.425. The third kappa shape index (κ3) is 2.71. The smallest absolute Gasteiger partial charge is 0.0553 e. The lowest BCUT2D eigenvalue weighted by Gasteiger charge is -2.37. The molecule has 0 saturated heterocycles. The molecular formula is C22H24BrN. The van der Waals surface area contributed by atoms with Crippen LogP contribution in [0.5, 0.6) is 0 Å². The number of fused-ring (bicyclic) bond motifs is 3. The predicted octanol–water partition coefficient (Wildman–Crippen LogP) is 6.57. The Labute approximate surface area is 153 Å². The second-order valence-corrected chi connectivity index (χ2v) is 8.99. The number of hydrogen-bond donors (Lipinski definition) is 1. The molecule has 0 bridgehead atoms. The van der Waals surface area contributed by atoms with Crippen LogP contribution >= 0.6 is 15.9 Å². The summed E-state index contributed by atoms with van der Waals surface area (Å²) in [6, 6.07) is 16.2. The van der Waals surface area contributed by atoms with Gasteiger partial charge in [-0.1, -0.05) is 73.1 Å². The third-order valence-corrected chi connectivity index (χ3v) is 5.95. The topological polar surface area (TPSA) is 12.0 Å². The number of hydrogen-bond acceptors (Lipinski definition) is 1. The number of anilines is 1. The molecule has 1 aliphatic heterocycles. The predicted molar refractivity (Wildman–Crippen MR) is 106 cm³/mol. The summed E-state index contributed by atoms with van der Waals surface area (Å²) < 4.78 is 1.16. The van der Waals surface area contributed by atoms with Gasteiger partial charge in [-0.3, -0.25) is 0 Å². The van der Waals surface area contributed by atoms with E-state index in [1.54, 1.807) is 0 Å². The minimum Gasteiger partial charge on any atom is -0.378 e. The fourth-order valence-corrected chi connectivity index (χ4v) is 4.46. The number of allylic oxidation sites excluding steroid dienone is 2. The van der Waals surface area contributed by atoms with Crippen LogP contribution < -0.4 is 5.32 Å². The Morgan fingerprint density at radius 1 is 1.04 bits per heavy atom. The standard InChI is InChI=1S/C22H24BrN/c1-22(2,3)15-9-7-14(8-10-15)21-18-6-4-5-17(18)19-13-16(23)11-12-20(19)24-21/h4-5,7-13,17-18,21,24H,6H2,1-3H3/t17-,18+,21-/m0/s1. The van der Waals surface area contributed by atoms with Crippen LogP contribution in [-0.4, -0.2) is 0 Å². The molecule has 1 aliphatic carbocycles. The van der Waals surface area contributed by atoms with Crippen molar-refractivity contribution in [3.05, 3.63) is 75.8 Å². The first-order chi connectivity index (χ1) is 11.4. The molecule has 2 heteroatoms. The molecule has 0 fully saturated rings. The highest BCUT2D eigenvalue weighted by molar-refractivity contribution is 9.10. The fourth-order valence-electron chi connectivity index (χ4n) is 4.09. The number of rotatable bonds is 1. The Kier molecular flexibility index (Phi) is 3.84. The summed E-state index contributed by atoms with van der Waals surface area (Å²) in [4.78, 5) is 0. The van der Waals surface area contributed by atoms with Gasteiger partial charge in [-0.05, 0) is 52.6 Å². The van der Waals surface area contributed by atoms with Crippen molar-refractivity contribution in [2.45, 2.75) is 44.6 Å². The van der Waals surface area contributed by atoms with Crippen molar-refractivity contribution in [3.8, 4) is 0 Å². The second-order valence-electron chi connectivity index (χ2n) is 8.08. The highest BCUT2D eigenvalue weighted by Crippen LogP contribution is 2.50. The first-order valence-electron chi connectivity index (χ1n) is 8.76. The van der Waals surface area contributed by atoms with Gasteiger partial charge in [0, 0.05) is 16.1 Å². The molecule has 0 saturated carbocycles. The Morgan fingerprint density at radius 3 is 2.50 bits per heavy atom. The van der Waals surface area contributed by atoms with E-state index in [2.05, 4.69) is 96.6 Å². The van der Waals surface area contributed by atoms with E-state index in [0.29, 0.717) is 17.9 Å². The summed E-state index contributed by atoms with van der Waals surface area (Å²) in [5.41, 5.74) is 5.69. The van der Waals surface area contributed by atoms with Crippen LogP contribution in [0.1, 0.15) is 55.8 Å². The normalized spacial score (nSPS) is 25.1. The van der Waals surface area contributed by atoms with Crippen molar-refractivity contribution in [2.75, 3.05) is 5.32 Å². The molecule has 0 radical (unpaired) electrons. The van der Waals surface area contributed by atoms with Gasteiger partial charge in [0.15, 0.2) is 0 Å². The van der Waals surface area contributed by atoms with Crippen LogP contribution in [0.2, 0.25) is 0 Å². The molecule has 124 valence electrons. The van der Waals surface area contributed by atoms with Gasteiger partial charge in [0.05, 0.1) is 6.04 Å². The molecule has 1 nitrogen and oxygen atoms in total. The lowest BCUT2D eigenvalue weighted by atomic mass is 9.76. The summed E-state index contributed by atoms with van der Waals surface area (Å²) in [6.07, 6.45) is 5.89. The Morgan fingerprint density at radius 2 is 1.79 bits per heavy atom. The molecule has 1 heterocycles. The average molecular weight is 382 g/mol. The Hall–Kier alpha value is -1.54. The molecule has 0 spiro atoms. The third-order valence-electron chi connectivity index (χ3n) is 5.46. The Balaban J connectivity index is 1.71. The summed E-state index contributed by atoms with van der Waals surface area (Å²) >= 11 is 3.62. The van der Waals surface area contributed by atoms with Crippen molar-refractivity contribution in [2.24, 2.45) is 5.92 Å². The number of nitrogens with one attached hydrogen (secondary N) is 1.